The number of rotatable bonds is 9. The number of hydrogen-bond acceptors (Lipinski definition) is 5. The van der Waals surface area contributed by atoms with Gasteiger partial charge < -0.3 is 15.8 Å². The van der Waals surface area contributed by atoms with Crippen molar-refractivity contribution in [2.45, 2.75) is 49.5 Å². The maximum atomic E-state index is 12.0. The zero-order chi connectivity index (χ0) is 18.3. The Labute approximate surface area is 162 Å². The Hall–Kier alpha value is -1.31. The second-order valence-electron chi connectivity index (χ2n) is 6.65. The number of amides is 1. The average molecular weight is 405 g/mol. The highest BCUT2D eigenvalue weighted by atomic mass is 35.5. The van der Waals surface area contributed by atoms with E-state index >= 15 is 0 Å². The number of ether oxygens (including phenoxy) is 1. The van der Waals surface area contributed by atoms with Crippen molar-refractivity contribution in [2.75, 3.05) is 19.4 Å². The maximum absolute atomic E-state index is 12.0. The van der Waals surface area contributed by atoms with Crippen molar-refractivity contribution in [3.05, 3.63) is 24.3 Å². The monoisotopic (exact) mass is 404 g/mol. The summed E-state index contributed by atoms with van der Waals surface area (Å²) in [5.74, 6) is 1.14. The second-order valence-corrected chi connectivity index (χ2v) is 8.67. The van der Waals surface area contributed by atoms with Crippen LogP contribution in [0.1, 0.15) is 38.5 Å². The fraction of sp³-hybridized carbons (Fsp3) is 0.611. The number of halogens is 1. The van der Waals surface area contributed by atoms with E-state index in [2.05, 4.69) is 5.32 Å². The highest BCUT2D eigenvalue weighted by Crippen LogP contribution is 2.24. The third-order valence-electron chi connectivity index (χ3n) is 4.63. The Kier molecular flexibility index (Phi) is 9.39. The molecular weight excluding hydrogens is 376 g/mol. The van der Waals surface area contributed by atoms with Crippen molar-refractivity contribution in [3.8, 4) is 5.75 Å². The summed E-state index contributed by atoms with van der Waals surface area (Å²) in [4.78, 5) is 12.3. The van der Waals surface area contributed by atoms with Crippen LogP contribution in [0.3, 0.4) is 0 Å². The highest BCUT2D eigenvalue weighted by molar-refractivity contribution is 7.90. The third kappa shape index (κ3) is 7.13. The van der Waals surface area contributed by atoms with Crippen molar-refractivity contribution < 1.29 is 17.9 Å². The summed E-state index contributed by atoms with van der Waals surface area (Å²) in [5.41, 5.74) is 5.73. The molecule has 0 aliphatic heterocycles. The van der Waals surface area contributed by atoms with E-state index in [1.54, 1.807) is 12.1 Å². The summed E-state index contributed by atoms with van der Waals surface area (Å²) in [6, 6.07) is 6.61. The van der Waals surface area contributed by atoms with E-state index in [9.17, 15) is 13.2 Å². The lowest BCUT2D eigenvalue weighted by Crippen LogP contribution is -2.39. The van der Waals surface area contributed by atoms with Gasteiger partial charge in [0, 0.05) is 18.7 Å². The van der Waals surface area contributed by atoms with Gasteiger partial charge in [-0.25, -0.2) is 8.42 Å². The van der Waals surface area contributed by atoms with E-state index in [1.807, 2.05) is 0 Å². The lowest BCUT2D eigenvalue weighted by molar-refractivity contribution is -0.122. The molecule has 1 saturated carbocycles. The number of sulfone groups is 1. The van der Waals surface area contributed by atoms with E-state index in [1.165, 1.54) is 18.4 Å². The summed E-state index contributed by atoms with van der Waals surface area (Å²) >= 11 is 0. The van der Waals surface area contributed by atoms with Gasteiger partial charge in [0.1, 0.15) is 5.75 Å². The number of carbonyl (C=O) groups excluding carboxylic acids is 1. The molecule has 6 nitrogen and oxygen atoms in total. The van der Waals surface area contributed by atoms with Gasteiger partial charge in [-0.3, -0.25) is 4.79 Å². The van der Waals surface area contributed by atoms with Crippen LogP contribution in [0, 0.1) is 5.92 Å². The lowest BCUT2D eigenvalue weighted by atomic mass is 10.0. The Morgan fingerprint density at radius 2 is 1.92 bits per heavy atom. The molecule has 2 unspecified atom stereocenters. The number of carbonyl (C=O) groups is 1. The van der Waals surface area contributed by atoms with Gasteiger partial charge >= 0.3 is 0 Å². The number of unbranched alkanes of at least 4 members (excludes halogenated alkanes) is 1. The van der Waals surface area contributed by atoms with Gasteiger partial charge in [0.15, 0.2) is 9.84 Å². The Balaban J connectivity index is 0.00000338. The first-order valence-corrected chi connectivity index (χ1v) is 10.7. The molecule has 2 atom stereocenters. The topological polar surface area (TPSA) is 98.5 Å². The van der Waals surface area contributed by atoms with Crippen LogP contribution >= 0.6 is 12.4 Å². The first-order valence-electron chi connectivity index (χ1n) is 8.82. The number of nitrogens with one attached hydrogen (secondary N) is 1. The Morgan fingerprint density at radius 1 is 1.23 bits per heavy atom. The number of hydrogen-bond donors (Lipinski definition) is 2. The molecule has 0 heterocycles. The minimum atomic E-state index is -3.18. The SMILES string of the molecule is CS(=O)(=O)c1ccc(OCCCCC(=O)NC2CCCC2CN)cc1.Cl. The normalized spacial score (nSPS) is 19.6. The predicted octanol–water partition coefficient (Wildman–Crippen LogP) is 2.30. The molecule has 1 aromatic carbocycles. The van der Waals surface area contributed by atoms with Crippen LogP contribution in [-0.2, 0) is 14.6 Å². The zero-order valence-corrected chi connectivity index (χ0v) is 16.8. The largest absolute Gasteiger partial charge is 0.494 e. The number of nitrogens with two attached hydrogens (primary N) is 1. The van der Waals surface area contributed by atoms with E-state index in [-0.39, 0.29) is 29.3 Å². The summed E-state index contributed by atoms with van der Waals surface area (Å²) in [6.45, 7) is 1.14. The first kappa shape index (κ1) is 22.7. The molecule has 1 aliphatic carbocycles. The van der Waals surface area contributed by atoms with Crippen LogP contribution < -0.4 is 15.8 Å². The molecule has 1 amide bonds. The molecule has 0 aromatic heterocycles. The Morgan fingerprint density at radius 3 is 2.54 bits per heavy atom. The molecule has 1 fully saturated rings. The molecule has 1 aromatic rings. The van der Waals surface area contributed by atoms with Gasteiger partial charge in [-0.2, -0.15) is 0 Å². The smallest absolute Gasteiger partial charge is 0.220 e. The molecule has 0 saturated heterocycles. The van der Waals surface area contributed by atoms with Gasteiger partial charge in [-0.05, 0) is 62.4 Å². The van der Waals surface area contributed by atoms with E-state index < -0.39 is 9.84 Å². The fourth-order valence-electron chi connectivity index (χ4n) is 3.15. The van der Waals surface area contributed by atoms with Gasteiger partial charge in [-0.15, -0.1) is 12.4 Å². The average Bonchev–Trinajstić information content (AvgIpc) is 3.01. The van der Waals surface area contributed by atoms with Crippen LogP contribution in [0.5, 0.6) is 5.75 Å². The maximum Gasteiger partial charge on any atom is 0.220 e. The third-order valence-corrected chi connectivity index (χ3v) is 5.76. The molecule has 0 radical (unpaired) electrons. The quantitative estimate of drug-likeness (QED) is 0.615. The van der Waals surface area contributed by atoms with Crippen molar-refractivity contribution in [3.63, 3.8) is 0 Å². The minimum absolute atomic E-state index is 0. The van der Waals surface area contributed by atoms with E-state index in [4.69, 9.17) is 10.5 Å². The second kappa shape index (κ2) is 10.7. The molecule has 1 aliphatic rings. The zero-order valence-electron chi connectivity index (χ0n) is 15.1. The van der Waals surface area contributed by atoms with Crippen LogP contribution in [-0.4, -0.2) is 39.8 Å². The van der Waals surface area contributed by atoms with Gasteiger partial charge in [0.05, 0.1) is 11.5 Å². The van der Waals surface area contributed by atoms with Crippen LogP contribution in [0.25, 0.3) is 0 Å². The van der Waals surface area contributed by atoms with E-state index in [0.717, 1.165) is 32.1 Å². The molecule has 148 valence electrons. The first-order chi connectivity index (χ1) is 11.9. The molecule has 26 heavy (non-hydrogen) atoms. The highest BCUT2D eigenvalue weighted by Gasteiger charge is 2.26. The lowest BCUT2D eigenvalue weighted by Gasteiger charge is -2.19. The van der Waals surface area contributed by atoms with Crippen molar-refractivity contribution in [1.29, 1.82) is 0 Å². The minimum Gasteiger partial charge on any atom is -0.494 e. The molecule has 8 heteroatoms. The molecule has 3 N–H and O–H groups in total. The summed E-state index contributed by atoms with van der Waals surface area (Å²) in [6.07, 6.45) is 6.46. The van der Waals surface area contributed by atoms with Gasteiger partial charge in [0.25, 0.3) is 0 Å². The molecule has 0 spiro atoms. The van der Waals surface area contributed by atoms with Gasteiger partial charge in [-0.1, -0.05) is 6.42 Å². The van der Waals surface area contributed by atoms with Crippen LogP contribution in [0.4, 0.5) is 0 Å². The summed E-state index contributed by atoms with van der Waals surface area (Å²) < 4.78 is 28.4. The van der Waals surface area contributed by atoms with Crippen molar-refractivity contribution in [2.24, 2.45) is 11.7 Å². The van der Waals surface area contributed by atoms with Crippen LogP contribution in [0.15, 0.2) is 29.2 Å². The van der Waals surface area contributed by atoms with Crippen LogP contribution in [0.2, 0.25) is 0 Å². The van der Waals surface area contributed by atoms with E-state index in [0.29, 0.717) is 31.2 Å². The summed E-state index contributed by atoms with van der Waals surface area (Å²) in [5, 5.41) is 3.09. The fourth-order valence-corrected chi connectivity index (χ4v) is 3.78. The van der Waals surface area contributed by atoms with Gasteiger partial charge in [0.2, 0.25) is 5.91 Å². The molecule has 0 bridgehead atoms. The predicted molar refractivity (Wildman–Crippen MR) is 104 cm³/mol. The summed E-state index contributed by atoms with van der Waals surface area (Å²) in [7, 11) is -3.18. The van der Waals surface area contributed by atoms with Crippen molar-refractivity contribution >= 4 is 28.2 Å². The Bertz CT molecular complexity index is 664. The standard InChI is InChI=1S/C18H28N2O4S.ClH/c1-25(22,23)16-10-8-15(9-11-16)24-12-3-2-7-18(21)20-17-6-4-5-14(17)13-19;/h8-11,14,17H,2-7,12-13,19H2,1H3,(H,20,21);1H. The van der Waals surface area contributed by atoms with Crippen molar-refractivity contribution in [1.82, 2.24) is 5.32 Å². The molecular formula is C18H29ClN2O4S. The number of benzene rings is 1. The molecule has 2 rings (SSSR count).